The van der Waals surface area contributed by atoms with Crippen LogP contribution in [0.25, 0.3) is 0 Å². The average Bonchev–Trinajstić information content (AvgIpc) is 2.36. The smallest absolute Gasteiger partial charge is 0.238 e. The SMILES string of the molecule is NCC(O)NCC(=O)Nc1ccc(CO)cc1. The maximum atomic E-state index is 11.4. The predicted molar refractivity (Wildman–Crippen MR) is 64.1 cm³/mol. The Morgan fingerprint density at radius 1 is 1.35 bits per heavy atom. The zero-order valence-corrected chi connectivity index (χ0v) is 9.39. The summed E-state index contributed by atoms with van der Waals surface area (Å²) in [7, 11) is 0. The van der Waals surface area contributed by atoms with Gasteiger partial charge in [-0.05, 0) is 17.7 Å². The Hall–Kier alpha value is -1.47. The molecular weight excluding hydrogens is 222 g/mol. The first kappa shape index (κ1) is 13.6. The monoisotopic (exact) mass is 239 g/mol. The van der Waals surface area contributed by atoms with Crippen molar-refractivity contribution in [2.45, 2.75) is 12.8 Å². The van der Waals surface area contributed by atoms with Crippen molar-refractivity contribution < 1.29 is 15.0 Å². The van der Waals surface area contributed by atoms with Crippen molar-refractivity contribution in [3.8, 4) is 0 Å². The molecule has 94 valence electrons. The van der Waals surface area contributed by atoms with E-state index in [9.17, 15) is 4.79 Å². The van der Waals surface area contributed by atoms with Crippen molar-refractivity contribution in [2.75, 3.05) is 18.4 Å². The molecule has 0 saturated heterocycles. The third-order valence-electron chi connectivity index (χ3n) is 2.14. The van der Waals surface area contributed by atoms with Crippen LogP contribution in [0.15, 0.2) is 24.3 Å². The molecule has 17 heavy (non-hydrogen) atoms. The highest BCUT2D eigenvalue weighted by molar-refractivity contribution is 5.92. The maximum absolute atomic E-state index is 11.4. The number of carbonyl (C=O) groups is 1. The first-order valence-corrected chi connectivity index (χ1v) is 5.27. The number of aliphatic hydroxyl groups excluding tert-OH is 2. The number of benzene rings is 1. The van der Waals surface area contributed by atoms with Gasteiger partial charge in [0.25, 0.3) is 0 Å². The molecule has 0 aromatic heterocycles. The topological polar surface area (TPSA) is 108 Å². The normalized spacial score (nSPS) is 12.2. The van der Waals surface area contributed by atoms with E-state index in [4.69, 9.17) is 15.9 Å². The fraction of sp³-hybridized carbons (Fsp3) is 0.364. The lowest BCUT2D eigenvalue weighted by Crippen LogP contribution is -2.40. The fourth-order valence-corrected chi connectivity index (χ4v) is 1.19. The number of amides is 1. The lowest BCUT2D eigenvalue weighted by molar-refractivity contribution is -0.116. The van der Waals surface area contributed by atoms with E-state index in [1.807, 2.05) is 0 Å². The van der Waals surface area contributed by atoms with Gasteiger partial charge in [0.15, 0.2) is 0 Å². The van der Waals surface area contributed by atoms with Gasteiger partial charge in [-0.2, -0.15) is 0 Å². The van der Waals surface area contributed by atoms with Crippen molar-refractivity contribution in [1.29, 1.82) is 0 Å². The van der Waals surface area contributed by atoms with Gasteiger partial charge in [0.1, 0.15) is 6.23 Å². The molecule has 1 rings (SSSR count). The number of nitrogens with one attached hydrogen (secondary N) is 2. The van der Waals surface area contributed by atoms with E-state index in [-0.39, 0.29) is 25.6 Å². The van der Waals surface area contributed by atoms with E-state index in [0.717, 1.165) is 5.56 Å². The molecule has 0 spiro atoms. The van der Waals surface area contributed by atoms with Gasteiger partial charge >= 0.3 is 0 Å². The lowest BCUT2D eigenvalue weighted by atomic mass is 10.2. The lowest BCUT2D eigenvalue weighted by Gasteiger charge is -2.10. The predicted octanol–water partition coefficient (Wildman–Crippen LogP) is -1.02. The molecule has 0 radical (unpaired) electrons. The van der Waals surface area contributed by atoms with Crippen molar-refractivity contribution in [3.63, 3.8) is 0 Å². The molecule has 1 unspecified atom stereocenters. The summed E-state index contributed by atoms with van der Waals surface area (Å²) in [6.07, 6.45) is -0.877. The molecule has 0 fully saturated rings. The summed E-state index contributed by atoms with van der Waals surface area (Å²) >= 11 is 0. The highest BCUT2D eigenvalue weighted by Gasteiger charge is 2.05. The summed E-state index contributed by atoms with van der Waals surface area (Å²) in [5.74, 6) is -0.269. The van der Waals surface area contributed by atoms with Crippen LogP contribution in [0.2, 0.25) is 0 Å². The van der Waals surface area contributed by atoms with Crippen molar-refractivity contribution in [1.82, 2.24) is 5.32 Å². The Labute approximate surface area is 99.4 Å². The molecule has 0 bridgehead atoms. The van der Waals surface area contributed by atoms with Gasteiger partial charge in [-0.3, -0.25) is 10.1 Å². The zero-order valence-electron chi connectivity index (χ0n) is 9.39. The van der Waals surface area contributed by atoms with Gasteiger partial charge in [-0.25, -0.2) is 0 Å². The zero-order chi connectivity index (χ0) is 12.7. The molecule has 0 aliphatic rings. The molecule has 6 N–H and O–H groups in total. The number of rotatable bonds is 6. The second-order valence-corrected chi connectivity index (χ2v) is 3.54. The Morgan fingerprint density at radius 3 is 2.53 bits per heavy atom. The quantitative estimate of drug-likeness (QED) is 0.409. The van der Waals surface area contributed by atoms with Gasteiger partial charge in [-0.1, -0.05) is 12.1 Å². The van der Waals surface area contributed by atoms with Gasteiger partial charge < -0.3 is 21.3 Å². The summed E-state index contributed by atoms with van der Waals surface area (Å²) < 4.78 is 0. The van der Waals surface area contributed by atoms with Gasteiger partial charge in [0.05, 0.1) is 13.2 Å². The Kier molecular flexibility index (Phi) is 5.58. The first-order chi connectivity index (χ1) is 8.15. The number of hydrogen-bond acceptors (Lipinski definition) is 5. The second kappa shape index (κ2) is 6.97. The summed E-state index contributed by atoms with van der Waals surface area (Å²) in [5.41, 5.74) is 6.59. The second-order valence-electron chi connectivity index (χ2n) is 3.54. The minimum atomic E-state index is -0.877. The molecule has 1 amide bonds. The molecule has 6 heteroatoms. The van der Waals surface area contributed by atoms with Gasteiger partial charge in [0, 0.05) is 12.2 Å². The third-order valence-corrected chi connectivity index (χ3v) is 2.14. The fourth-order valence-electron chi connectivity index (χ4n) is 1.19. The largest absolute Gasteiger partial charge is 0.392 e. The minimum Gasteiger partial charge on any atom is -0.392 e. The number of carbonyl (C=O) groups excluding carboxylic acids is 1. The molecule has 1 atom stereocenters. The van der Waals surface area contributed by atoms with Crippen LogP contribution in [0.5, 0.6) is 0 Å². The Bertz CT molecular complexity index is 353. The molecule has 0 aliphatic carbocycles. The van der Waals surface area contributed by atoms with Crippen LogP contribution in [0.4, 0.5) is 5.69 Å². The number of hydrogen-bond donors (Lipinski definition) is 5. The van der Waals surface area contributed by atoms with Crippen LogP contribution in [-0.2, 0) is 11.4 Å². The average molecular weight is 239 g/mol. The van der Waals surface area contributed by atoms with Crippen LogP contribution < -0.4 is 16.4 Å². The van der Waals surface area contributed by atoms with Crippen molar-refractivity contribution >= 4 is 11.6 Å². The number of nitrogens with two attached hydrogens (primary N) is 1. The van der Waals surface area contributed by atoms with Crippen molar-refractivity contribution in [3.05, 3.63) is 29.8 Å². The summed E-state index contributed by atoms with van der Waals surface area (Å²) in [5, 5.41) is 23.1. The van der Waals surface area contributed by atoms with E-state index in [1.165, 1.54) is 0 Å². The maximum Gasteiger partial charge on any atom is 0.238 e. The van der Waals surface area contributed by atoms with E-state index >= 15 is 0 Å². The molecule has 0 heterocycles. The summed E-state index contributed by atoms with van der Waals surface area (Å²) in [4.78, 5) is 11.4. The van der Waals surface area contributed by atoms with Gasteiger partial charge in [0.2, 0.25) is 5.91 Å². The molecule has 0 aliphatic heterocycles. The van der Waals surface area contributed by atoms with Crippen LogP contribution in [0.3, 0.4) is 0 Å². The first-order valence-electron chi connectivity index (χ1n) is 5.27. The minimum absolute atomic E-state index is 0.0138. The molecule has 0 saturated carbocycles. The van der Waals surface area contributed by atoms with E-state index in [0.29, 0.717) is 5.69 Å². The highest BCUT2D eigenvalue weighted by atomic mass is 16.3. The highest BCUT2D eigenvalue weighted by Crippen LogP contribution is 2.08. The van der Waals surface area contributed by atoms with Crippen LogP contribution >= 0.6 is 0 Å². The molecule has 1 aromatic rings. The van der Waals surface area contributed by atoms with Crippen LogP contribution in [0.1, 0.15) is 5.56 Å². The number of anilines is 1. The van der Waals surface area contributed by atoms with E-state index in [2.05, 4.69) is 10.6 Å². The van der Waals surface area contributed by atoms with Gasteiger partial charge in [-0.15, -0.1) is 0 Å². The summed E-state index contributed by atoms with van der Waals surface area (Å²) in [6, 6.07) is 6.83. The number of aliphatic hydroxyl groups is 2. The van der Waals surface area contributed by atoms with Crippen LogP contribution in [-0.4, -0.2) is 35.4 Å². The molecule has 1 aromatic carbocycles. The van der Waals surface area contributed by atoms with E-state index < -0.39 is 6.23 Å². The Morgan fingerprint density at radius 2 is 2.00 bits per heavy atom. The Balaban J connectivity index is 2.39. The van der Waals surface area contributed by atoms with E-state index in [1.54, 1.807) is 24.3 Å². The third kappa shape index (κ3) is 4.92. The molecule has 6 nitrogen and oxygen atoms in total. The van der Waals surface area contributed by atoms with Crippen LogP contribution in [0, 0.1) is 0 Å². The molecular formula is C11H17N3O3. The van der Waals surface area contributed by atoms with Crippen molar-refractivity contribution in [2.24, 2.45) is 5.73 Å². The summed E-state index contributed by atoms with van der Waals surface area (Å²) in [6.45, 7) is 0.0110. The standard InChI is InChI=1S/C11H17N3O3/c12-5-10(16)13-6-11(17)14-9-3-1-8(7-15)2-4-9/h1-4,10,13,15-16H,5-7,12H2,(H,14,17).